The van der Waals surface area contributed by atoms with Crippen molar-refractivity contribution >= 4 is 17.4 Å². The van der Waals surface area contributed by atoms with E-state index in [0.717, 1.165) is 0 Å². The van der Waals surface area contributed by atoms with Gasteiger partial charge in [0.1, 0.15) is 0 Å². The van der Waals surface area contributed by atoms with Gasteiger partial charge in [-0.2, -0.15) is 0 Å². The van der Waals surface area contributed by atoms with Crippen LogP contribution < -0.4 is 5.32 Å². The Kier molecular flexibility index (Phi) is 4.17. The Morgan fingerprint density at radius 2 is 2.00 bits per heavy atom. The van der Waals surface area contributed by atoms with Crippen molar-refractivity contribution in [2.24, 2.45) is 5.41 Å². The second kappa shape index (κ2) is 4.96. The molecule has 1 saturated carbocycles. The Balaban J connectivity index is 2.61. The van der Waals surface area contributed by atoms with Gasteiger partial charge in [0.25, 0.3) is 5.17 Å². The molecule has 0 saturated heterocycles. The van der Waals surface area contributed by atoms with Gasteiger partial charge in [-0.1, -0.05) is 26.2 Å². The second-order valence-corrected chi connectivity index (χ2v) is 4.83. The smallest absolute Gasteiger partial charge is 0.254 e. The molecule has 0 aromatic rings. The Bertz CT molecular complexity index is 199. The number of thiocarbonyl (C=S) groups is 1. The fourth-order valence-electron chi connectivity index (χ4n) is 2.69. The number of aliphatic hydroxyl groups excluding tert-OH is 1. The lowest BCUT2D eigenvalue weighted by molar-refractivity contribution is 0.133. The molecule has 1 atom stereocenters. The third-order valence-electron chi connectivity index (χ3n) is 3.81. The number of aliphatic hydroxyl groups is 1. The minimum absolute atomic E-state index is 0.0594. The van der Waals surface area contributed by atoms with Crippen LogP contribution in [-0.4, -0.2) is 16.3 Å². The van der Waals surface area contributed by atoms with E-state index in [1.54, 1.807) is 0 Å². The summed E-state index contributed by atoms with van der Waals surface area (Å²) in [5.74, 6) is 0. The summed E-state index contributed by atoms with van der Waals surface area (Å²) in [5, 5.41) is 12.0. The summed E-state index contributed by atoms with van der Waals surface area (Å²) in [6.45, 7) is 4.38. The van der Waals surface area contributed by atoms with Crippen molar-refractivity contribution in [2.45, 2.75) is 58.4 Å². The van der Waals surface area contributed by atoms with Gasteiger partial charge in [0.15, 0.2) is 0 Å². The molecule has 1 fully saturated rings. The van der Waals surface area contributed by atoms with Gasteiger partial charge in [-0.25, -0.2) is 0 Å². The van der Waals surface area contributed by atoms with Crippen LogP contribution in [0.4, 0.5) is 0 Å². The molecule has 1 aliphatic carbocycles. The van der Waals surface area contributed by atoms with E-state index in [2.05, 4.69) is 31.4 Å². The van der Waals surface area contributed by atoms with Gasteiger partial charge in [-0.3, -0.25) is 0 Å². The van der Waals surface area contributed by atoms with Gasteiger partial charge in [0.2, 0.25) is 0 Å². The van der Waals surface area contributed by atoms with Crippen molar-refractivity contribution in [1.29, 1.82) is 0 Å². The van der Waals surface area contributed by atoms with Crippen molar-refractivity contribution < 1.29 is 5.11 Å². The van der Waals surface area contributed by atoms with E-state index in [9.17, 15) is 0 Å². The molecule has 0 heterocycles. The van der Waals surface area contributed by atoms with Gasteiger partial charge in [-0.05, 0) is 43.8 Å². The Morgan fingerprint density at radius 3 is 2.43 bits per heavy atom. The molecule has 0 aromatic carbocycles. The highest BCUT2D eigenvalue weighted by Gasteiger charge is 2.35. The molecular weight excluding hydrogens is 194 g/mol. The summed E-state index contributed by atoms with van der Waals surface area (Å²) in [6, 6.07) is 0.297. The molecule has 0 radical (unpaired) electrons. The summed E-state index contributed by atoms with van der Waals surface area (Å²) < 4.78 is 0. The lowest BCUT2D eigenvalue weighted by Gasteiger charge is -2.41. The van der Waals surface area contributed by atoms with E-state index in [0.29, 0.717) is 11.5 Å². The van der Waals surface area contributed by atoms with Crippen LogP contribution in [0.3, 0.4) is 0 Å². The summed E-state index contributed by atoms with van der Waals surface area (Å²) in [4.78, 5) is 0. The molecule has 0 bridgehead atoms. The van der Waals surface area contributed by atoms with Crippen LogP contribution in [0.15, 0.2) is 0 Å². The lowest BCUT2D eigenvalue weighted by atomic mass is 9.68. The first-order valence-electron chi connectivity index (χ1n) is 5.60. The van der Waals surface area contributed by atoms with Crippen LogP contribution in [-0.2, 0) is 0 Å². The summed E-state index contributed by atoms with van der Waals surface area (Å²) in [6.07, 6.45) is 7.69. The number of hydrogen-bond acceptors (Lipinski definition) is 1. The zero-order valence-electron chi connectivity index (χ0n) is 9.18. The maximum atomic E-state index is 9.08. The third-order valence-corrected chi connectivity index (χ3v) is 3.93. The van der Waals surface area contributed by atoms with E-state index in [-0.39, 0.29) is 5.17 Å². The highest BCUT2D eigenvalue weighted by atomic mass is 32.1. The topological polar surface area (TPSA) is 32.3 Å². The van der Waals surface area contributed by atoms with Gasteiger partial charge in [-0.15, -0.1) is 0 Å². The van der Waals surface area contributed by atoms with Crippen molar-refractivity contribution in [2.75, 3.05) is 0 Å². The largest absolute Gasteiger partial charge is 0.487 e. The van der Waals surface area contributed by atoms with Crippen molar-refractivity contribution in [3.63, 3.8) is 0 Å². The van der Waals surface area contributed by atoms with Crippen LogP contribution in [0.2, 0.25) is 0 Å². The van der Waals surface area contributed by atoms with Gasteiger partial charge in [0.05, 0.1) is 0 Å². The zero-order valence-corrected chi connectivity index (χ0v) is 9.99. The van der Waals surface area contributed by atoms with Gasteiger partial charge in [0, 0.05) is 6.04 Å². The Morgan fingerprint density at radius 1 is 1.43 bits per heavy atom. The molecule has 2 N–H and O–H groups in total. The molecule has 0 aliphatic heterocycles. The monoisotopic (exact) mass is 215 g/mol. The standard InChI is InChI=1S/C11H21NOS/c1-3-11(7-5-4-6-8-11)9(2)12-10(13)14/h9H,3-8H2,1-2H3,(H2,12,13,14). The first-order chi connectivity index (χ1) is 6.60. The van der Waals surface area contributed by atoms with Crippen molar-refractivity contribution in [3.8, 4) is 0 Å². The summed E-state index contributed by atoms with van der Waals surface area (Å²) >= 11 is 4.68. The third kappa shape index (κ3) is 2.59. The number of rotatable bonds is 3. The van der Waals surface area contributed by atoms with E-state index < -0.39 is 0 Å². The number of nitrogens with one attached hydrogen (secondary N) is 1. The summed E-state index contributed by atoms with van der Waals surface area (Å²) in [7, 11) is 0. The highest BCUT2D eigenvalue weighted by molar-refractivity contribution is 7.79. The summed E-state index contributed by atoms with van der Waals surface area (Å²) in [5.41, 5.74) is 0.352. The predicted octanol–water partition coefficient (Wildman–Crippen LogP) is 3.17. The predicted molar refractivity (Wildman–Crippen MR) is 63.6 cm³/mol. The first-order valence-corrected chi connectivity index (χ1v) is 6.01. The average Bonchev–Trinajstić information content (AvgIpc) is 2.18. The maximum Gasteiger partial charge on any atom is 0.254 e. The molecule has 0 aromatic heterocycles. The van der Waals surface area contributed by atoms with Crippen LogP contribution in [0.1, 0.15) is 52.4 Å². The van der Waals surface area contributed by atoms with Gasteiger partial charge >= 0.3 is 0 Å². The van der Waals surface area contributed by atoms with Crippen LogP contribution >= 0.6 is 12.2 Å². The molecule has 1 aliphatic rings. The minimum atomic E-state index is -0.0594. The van der Waals surface area contributed by atoms with E-state index in [4.69, 9.17) is 5.11 Å². The molecule has 1 unspecified atom stereocenters. The van der Waals surface area contributed by atoms with Crippen molar-refractivity contribution in [3.05, 3.63) is 0 Å². The minimum Gasteiger partial charge on any atom is -0.487 e. The van der Waals surface area contributed by atoms with Crippen molar-refractivity contribution in [1.82, 2.24) is 5.32 Å². The Labute approximate surface area is 92.1 Å². The van der Waals surface area contributed by atoms with E-state index in [1.165, 1.54) is 38.5 Å². The molecule has 14 heavy (non-hydrogen) atoms. The molecule has 0 spiro atoms. The lowest BCUT2D eigenvalue weighted by Crippen LogP contribution is -2.46. The highest BCUT2D eigenvalue weighted by Crippen LogP contribution is 2.41. The molecule has 82 valence electrons. The fraction of sp³-hybridized carbons (Fsp3) is 0.909. The molecule has 2 nitrogen and oxygen atoms in total. The molecule has 0 amide bonds. The van der Waals surface area contributed by atoms with E-state index >= 15 is 0 Å². The normalized spacial score (nSPS) is 22.7. The molecular formula is C11H21NOS. The number of hydrogen-bond donors (Lipinski definition) is 2. The zero-order chi connectivity index (χ0) is 10.6. The van der Waals surface area contributed by atoms with Crippen LogP contribution in [0.25, 0.3) is 0 Å². The quantitative estimate of drug-likeness (QED) is 0.709. The maximum absolute atomic E-state index is 9.08. The Hall–Kier alpha value is -0.310. The van der Waals surface area contributed by atoms with Crippen LogP contribution in [0, 0.1) is 5.41 Å². The second-order valence-electron chi connectivity index (χ2n) is 4.45. The van der Waals surface area contributed by atoms with Gasteiger partial charge < -0.3 is 10.4 Å². The first kappa shape index (κ1) is 11.8. The SMILES string of the molecule is CCC1(C(C)NC(O)=S)CCCCC1. The van der Waals surface area contributed by atoms with E-state index in [1.807, 2.05) is 0 Å². The molecule has 1 rings (SSSR count). The average molecular weight is 215 g/mol. The molecule has 3 heteroatoms. The fourth-order valence-corrected chi connectivity index (χ4v) is 2.86. The van der Waals surface area contributed by atoms with Crippen LogP contribution in [0.5, 0.6) is 0 Å².